The van der Waals surface area contributed by atoms with Gasteiger partial charge in [-0.15, -0.1) is 0 Å². The molecule has 0 aromatic heterocycles. The van der Waals surface area contributed by atoms with E-state index in [1.54, 1.807) is 0 Å². The molecule has 0 bridgehead atoms. The molecule has 0 aliphatic carbocycles. The first-order valence-corrected chi connectivity index (χ1v) is 9.70. The van der Waals surface area contributed by atoms with Crippen LogP contribution in [0.5, 0.6) is 0 Å². The van der Waals surface area contributed by atoms with Gasteiger partial charge in [-0.3, -0.25) is 0 Å². The minimum atomic E-state index is 0.468. The molecule has 5 aromatic carbocycles. The molecule has 0 atom stereocenters. The third kappa shape index (κ3) is 2.87. The number of hydrogen-bond acceptors (Lipinski definition) is 1. The molecule has 0 aliphatic rings. The van der Waals surface area contributed by atoms with E-state index in [1.165, 1.54) is 43.4 Å². The zero-order valence-electron chi connectivity index (χ0n) is 16.2. The lowest BCUT2D eigenvalue weighted by Gasteiger charge is -2.13. The Balaban J connectivity index is 1.70. The molecule has 1 nitrogen and oxygen atoms in total. The van der Waals surface area contributed by atoms with Gasteiger partial charge in [0.15, 0.2) is 0 Å². The van der Waals surface area contributed by atoms with Crippen LogP contribution in [0.1, 0.15) is 12.5 Å². The van der Waals surface area contributed by atoms with Gasteiger partial charge in [0, 0.05) is 5.57 Å². The summed E-state index contributed by atoms with van der Waals surface area (Å²) in [6.07, 6.45) is 1.83. The van der Waals surface area contributed by atoms with Crippen molar-refractivity contribution in [2.75, 3.05) is 0 Å². The predicted molar refractivity (Wildman–Crippen MR) is 124 cm³/mol. The summed E-state index contributed by atoms with van der Waals surface area (Å²) < 4.78 is 0. The highest BCUT2D eigenvalue weighted by molar-refractivity contribution is 6.23. The first-order chi connectivity index (χ1) is 14.1. The number of nitrogens with zero attached hydrogens (tertiary/aromatic N) is 1. The zero-order chi connectivity index (χ0) is 20.0. The summed E-state index contributed by atoms with van der Waals surface area (Å²) in [5, 5.41) is 16.8. The highest BCUT2D eigenvalue weighted by Gasteiger charge is 2.10. The molecule has 136 valence electrons. The molecular formula is C28H19N. The highest BCUT2D eigenvalue weighted by atomic mass is 14.2. The smallest absolute Gasteiger partial charge is 0.0985 e. The molecule has 0 aliphatic heterocycles. The fourth-order valence-corrected chi connectivity index (χ4v) is 4.24. The van der Waals surface area contributed by atoms with Gasteiger partial charge in [0.2, 0.25) is 0 Å². The fourth-order valence-electron chi connectivity index (χ4n) is 4.24. The molecule has 0 heterocycles. The van der Waals surface area contributed by atoms with Gasteiger partial charge in [-0.2, -0.15) is 5.26 Å². The molecule has 0 radical (unpaired) electrons. The van der Waals surface area contributed by atoms with Crippen molar-refractivity contribution in [2.24, 2.45) is 0 Å². The monoisotopic (exact) mass is 369 g/mol. The SMILES string of the molecule is C=C(C#N)/C=C(\C)c1cccc(-c2cc3ccc4cccc5ccc(c2)c3c45)c1. The summed E-state index contributed by atoms with van der Waals surface area (Å²) in [6.45, 7) is 5.78. The van der Waals surface area contributed by atoms with Crippen molar-refractivity contribution in [2.45, 2.75) is 6.92 Å². The number of benzene rings is 5. The quantitative estimate of drug-likeness (QED) is 0.181. The Bertz CT molecular complexity index is 1410. The number of nitriles is 1. The molecular weight excluding hydrogens is 350 g/mol. The van der Waals surface area contributed by atoms with Crippen LogP contribution in [0.3, 0.4) is 0 Å². The van der Waals surface area contributed by atoms with Crippen LogP contribution in [0.25, 0.3) is 49.0 Å². The fraction of sp³-hybridized carbons (Fsp3) is 0.0357. The molecule has 5 aromatic rings. The normalized spacial score (nSPS) is 11.9. The van der Waals surface area contributed by atoms with Crippen LogP contribution in [-0.4, -0.2) is 0 Å². The van der Waals surface area contributed by atoms with Crippen LogP contribution in [-0.2, 0) is 0 Å². The Labute approximate surface area is 170 Å². The van der Waals surface area contributed by atoms with Crippen molar-refractivity contribution in [3.8, 4) is 17.2 Å². The van der Waals surface area contributed by atoms with Gasteiger partial charge in [-0.25, -0.2) is 0 Å². The van der Waals surface area contributed by atoms with Gasteiger partial charge in [0.05, 0.1) is 6.07 Å². The summed E-state index contributed by atoms with van der Waals surface area (Å²) in [5.74, 6) is 0. The standard InChI is InChI=1S/C28H19N/c1-18(17-29)13-19(2)22-7-4-8-23(14-22)26-15-24-11-9-20-5-3-6-21-10-12-25(16-26)28(24)27(20)21/h3-16H,1H2,2H3/b19-13+. The van der Waals surface area contributed by atoms with E-state index in [2.05, 4.69) is 91.5 Å². The molecule has 1 heteroatoms. The van der Waals surface area contributed by atoms with Crippen molar-refractivity contribution >= 4 is 37.9 Å². The average Bonchev–Trinajstić information content (AvgIpc) is 2.77. The largest absolute Gasteiger partial charge is 0.192 e. The minimum Gasteiger partial charge on any atom is -0.192 e. The van der Waals surface area contributed by atoms with Crippen molar-refractivity contribution in [1.82, 2.24) is 0 Å². The number of hydrogen-bond donors (Lipinski definition) is 0. The van der Waals surface area contributed by atoms with Gasteiger partial charge < -0.3 is 0 Å². The highest BCUT2D eigenvalue weighted by Crippen LogP contribution is 2.37. The Morgan fingerprint density at radius 1 is 0.759 bits per heavy atom. The summed E-state index contributed by atoms with van der Waals surface area (Å²) in [7, 11) is 0. The molecule has 0 saturated heterocycles. The lowest BCUT2D eigenvalue weighted by atomic mass is 9.91. The Hall–Kier alpha value is -3.89. The van der Waals surface area contributed by atoms with E-state index in [-0.39, 0.29) is 0 Å². The maximum absolute atomic E-state index is 9.00. The number of allylic oxidation sites excluding steroid dienone is 3. The third-order valence-electron chi connectivity index (χ3n) is 5.65. The summed E-state index contributed by atoms with van der Waals surface area (Å²) in [6, 6.07) is 30.5. The molecule has 0 N–H and O–H groups in total. The van der Waals surface area contributed by atoms with Gasteiger partial charge in [0.1, 0.15) is 0 Å². The molecule has 29 heavy (non-hydrogen) atoms. The summed E-state index contributed by atoms with van der Waals surface area (Å²) in [4.78, 5) is 0. The van der Waals surface area contributed by atoms with E-state index in [1.807, 2.05) is 13.0 Å². The Morgan fingerprint density at radius 3 is 2.00 bits per heavy atom. The molecule has 0 spiro atoms. The minimum absolute atomic E-state index is 0.468. The average molecular weight is 369 g/mol. The number of rotatable bonds is 3. The van der Waals surface area contributed by atoms with Gasteiger partial charge in [0.25, 0.3) is 0 Å². The van der Waals surface area contributed by atoms with Crippen LogP contribution < -0.4 is 0 Å². The Morgan fingerprint density at radius 2 is 1.34 bits per heavy atom. The second-order valence-electron chi connectivity index (χ2n) is 7.55. The maximum atomic E-state index is 9.00. The first-order valence-electron chi connectivity index (χ1n) is 9.70. The molecule has 0 unspecified atom stereocenters. The van der Waals surface area contributed by atoms with Crippen molar-refractivity contribution < 1.29 is 0 Å². The lowest BCUT2D eigenvalue weighted by Crippen LogP contribution is -1.87. The van der Waals surface area contributed by atoms with E-state index >= 15 is 0 Å². The zero-order valence-corrected chi connectivity index (χ0v) is 16.2. The van der Waals surface area contributed by atoms with Crippen LogP contribution in [0.2, 0.25) is 0 Å². The molecule has 0 fully saturated rings. The van der Waals surface area contributed by atoms with Crippen LogP contribution in [0.15, 0.2) is 97.1 Å². The molecule has 0 amide bonds. The van der Waals surface area contributed by atoms with Crippen molar-refractivity contribution in [3.05, 3.63) is 103 Å². The molecule has 5 rings (SSSR count). The van der Waals surface area contributed by atoms with Gasteiger partial charge in [-0.1, -0.05) is 67.2 Å². The third-order valence-corrected chi connectivity index (χ3v) is 5.65. The first kappa shape index (κ1) is 17.2. The summed E-state index contributed by atoms with van der Waals surface area (Å²) in [5.41, 5.74) is 4.98. The van der Waals surface area contributed by atoms with Crippen molar-refractivity contribution in [1.29, 1.82) is 5.26 Å². The Kier molecular flexibility index (Phi) is 3.93. The predicted octanol–water partition coefficient (Wildman–Crippen LogP) is 7.73. The van der Waals surface area contributed by atoms with E-state index in [0.29, 0.717) is 5.57 Å². The van der Waals surface area contributed by atoms with Gasteiger partial charge >= 0.3 is 0 Å². The van der Waals surface area contributed by atoms with E-state index < -0.39 is 0 Å². The van der Waals surface area contributed by atoms with E-state index in [0.717, 1.165) is 11.1 Å². The topological polar surface area (TPSA) is 23.8 Å². The lowest BCUT2D eigenvalue weighted by molar-refractivity contribution is 1.49. The van der Waals surface area contributed by atoms with E-state index in [9.17, 15) is 0 Å². The maximum Gasteiger partial charge on any atom is 0.0985 e. The van der Waals surface area contributed by atoms with E-state index in [4.69, 9.17) is 5.26 Å². The van der Waals surface area contributed by atoms with Gasteiger partial charge in [-0.05, 0) is 85.8 Å². The van der Waals surface area contributed by atoms with Crippen LogP contribution in [0.4, 0.5) is 0 Å². The second kappa shape index (κ2) is 6.62. The van der Waals surface area contributed by atoms with Crippen LogP contribution >= 0.6 is 0 Å². The molecule has 0 saturated carbocycles. The second-order valence-corrected chi connectivity index (χ2v) is 7.55. The van der Waals surface area contributed by atoms with Crippen LogP contribution in [0, 0.1) is 11.3 Å². The van der Waals surface area contributed by atoms with Crippen molar-refractivity contribution in [3.63, 3.8) is 0 Å². The summed E-state index contributed by atoms with van der Waals surface area (Å²) >= 11 is 0.